The second-order valence-electron chi connectivity index (χ2n) is 5.54. The zero-order valence-corrected chi connectivity index (χ0v) is 13.8. The molecule has 138 valence electrons. The molecule has 0 aliphatic rings. The number of hydrogen-bond acceptors (Lipinski definition) is 4. The van der Waals surface area contributed by atoms with Gasteiger partial charge in [0.25, 0.3) is 0 Å². The van der Waals surface area contributed by atoms with Gasteiger partial charge in [0.15, 0.2) is 12.4 Å². The van der Waals surface area contributed by atoms with Crippen LogP contribution in [0, 0.1) is 0 Å². The zero-order chi connectivity index (χ0) is 19.4. The number of rotatable bonds is 5. The van der Waals surface area contributed by atoms with Gasteiger partial charge in [0.2, 0.25) is 5.88 Å². The van der Waals surface area contributed by atoms with Gasteiger partial charge in [-0.3, -0.25) is 0 Å². The van der Waals surface area contributed by atoms with Gasteiger partial charge in [-0.05, 0) is 12.1 Å². The van der Waals surface area contributed by atoms with E-state index in [9.17, 15) is 18.0 Å². The van der Waals surface area contributed by atoms with Crippen molar-refractivity contribution >= 4 is 5.97 Å². The van der Waals surface area contributed by atoms with Gasteiger partial charge in [-0.1, -0.05) is 42.5 Å². The van der Waals surface area contributed by atoms with E-state index in [1.165, 1.54) is 18.2 Å². The van der Waals surface area contributed by atoms with Gasteiger partial charge in [-0.15, -0.1) is 0 Å². The lowest BCUT2D eigenvalue weighted by Crippen LogP contribution is -2.11. The lowest BCUT2D eigenvalue weighted by atomic mass is 10.1. The van der Waals surface area contributed by atoms with Crippen molar-refractivity contribution in [3.05, 3.63) is 66.2 Å². The molecule has 0 atom stereocenters. The van der Waals surface area contributed by atoms with Crippen molar-refractivity contribution in [2.24, 2.45) is 0 Å². The zero-order valence-electron chi connectivity index (χ0n) is 13.8. The van der Waals surface area contributed by atoms with Gasteiger partial charge in [0, 0.05) is 17.2 Å². The van der Waals surface area contributed by atoms with Crippen molar-refractivity contribution in [1.29, 1.82) is 0 Å². The Kier molecular flexibility index (Phi) is 5.07. The summed E-state index contributed by atoms with van der Waals surface area (Å²) >= 11 is 0. The molecule has 0 spiro atoms. The van der Waals surface area contributed by atoms with E-state index >= 15 is 0 Å². The summed E-state index contributed by atoms with van der Waals surface area (Å²) in [6.45, 7) is -0.600. The average molecular weight is 374 g/mol. The van der Waals surface area contributed by atoms with Crippen LogP contribution in [-0.4, -0.2) is 27.7 Å². The highest BCUT2D eigenvalue weighted by atomic mass is 19.4. The molecule has 1 aromatic heterocycles. The third-order valence-electron chi connectivity index (χ3n) is 3.59. The van der Waals surface area contributed by atoms with E-state index in [2.05, 4.69) is 9.97 Å². The van der Waals surface area contributed by atoms with Gasteiger partial charge >= 0.3 is 12.1 Å². The van der Waals surface area contributed by atoms with Crippen molar-refractivity contribution in [2.75, 3.05) is 6.61 Å². The number of alkyl halides is 3. The summed E-state index contributed by atoms with van der Waals surface area (Å²) in [5.74, 6) is -1.03. The predicted octanol–water partition coefficient (Wildman–Crippen LogP) is 4.29. The normalized spacial score (nSPS) is 11.2. The first-order valence-electron chi connectivity index (χ1n) is 7.79. The van der Waals surface area contributed by atoms with E-state index in [0.29, 0.717) is 11.3 Å². The molecule has 0 radical (unpaired) electrons. The van der Waals surface area contributed by atoms with Gasteiger partial charge < -0.3 is 9.84 Å². The first kappa shape index (κ1) is 18.4. The van der Waals surface area contributed by atoms with Crippen molar-refractivity contribution in [2.45, 2.75) is 6.18 Å². The second-order valence-corrected chi connectivity index (χ2v) is 5.54. The SMILES string of the molecule is O=C(O)COc1cc(-c2ccccc2)nc(-c2ccc(C(F)(F)F)cc2)n1. The molecule has 0 fully saturated rings. The topological polar surface area (TPSA) is 72.3 Å². The van der Waals surface area contributed by atoms with Gasteiger partial charge in [-0.2, -0.15) is 18.2 Å². The highest BCUT2D eigenvalue weighted by Gasteiger charge is 2.30. The number of nitrogens with zero attached hydrogens (tertiary/aromatic N) is 2. The number of benzene rings is 2. The largest absolute Gasteiger partial charge is 0.479 e. The van der Waals surface area contributed by atoms with Crippen LogP contribution in [0.3, 0.4) is 0 Å². The summed E-state index contributed by atoms with van der Waals surface area (Å²) in [4.78, 5) is 19.2. The first-order valence-corrected chi connectivity index (χ1v) is 7.79. The molecule has 1 heterocycles. The smallest absolute Gasteiger partial charge is 0.416 e. The number of aromatic nitrogens is 2. The van der Waals surface area contributed by atoms with Crippen LogP contribution in [0.15, 0.2) is 60.7 Å². The van der Waals surface area contributed by atoms with Crippen LogP contribution in [0.5, 0.6) is 5.88 Å². The van der Waals surface area contributed by atoms with Crippen molar-refractivity contribution in [3.63, 3.8) is 0 Å². The Morgan fingerprint density at radius 1 is 0.963 bits per heavy atom. The van der Waals surface area contributed by atoms with E-state index in [0.717, 1.165) is 17.7 Å². The molecule has 0 saturated carbocycles. The Morgan fingerprint density at radius 2 is 1.63 bits per heavy atom. The number of ether oxygens (including phenoxy) is 1. The Morgan fingerprint density at radius 3 is 2.22 bits per heavy atom. The molecular formula is C19H13F3N2O3. The molecule has 0 bridgehead atoms. The van der Waals surface area contributed by atoms with E-state index < -0.39 is 24.3 Å². The number of halogens is 3. The fourth-order valence-corrected chi connectivity index (χ4v) is 2.33. The molecule has 1 N–H and O–H groups in total. The van der Waals surface area contributed by atoms with Crippen LogP contribution in [0.25, 0.3) is 22.6 Å². The molecule has 0 unspecified atom stereocenters. The summed E-state index contributed by atoms with van der Waals surface area (Å²) in [5.41, 5.74) is 0.753. The van der Waals surface area contributed by atoms with E-state index in [-0.39, 0.29) is 11.7 Å². The van der Waals surface area contributed by atoms with E-state index in [4.69, 9.17) is 9.84 Å². The number of carbonyl (C=O) groups is 1. The Bertz CT molecular complexity index is 943. The maximum absolute atomic E-state index is 12.7. The van der Waals surface area contributed by atoms with Crippen molar-refractivity contribution in [3.8, 4) is 28.5 Å². The minimum absolute atomic E-state index is 0.0150. The summed E-state index contributed by atoms with van der Waals surface area (Å²) in [6.07, 6.45) is -4.44. The van der Waals surface area contributed by atoms with Crippen LogP contribution in [0.2, 0.25) is 0 Å². The third-order valence-corrected chi connectivity index (χ3v) is 3.59. The molecule has 2 aromatic carbocycles. The molecule has 0 aliphatic heterocycles. The van der Waals surface area contributed by atoms with E-state index in [1.807, 2.05) is 6.07 Å². The molecular weight excluding hydrogens is 361 g/mol. The average Bonchev–Trinajstić information content (AvgIpc) is 2.66. The van der Waals surface area contributed by atoms with Crippen LogP contribution < -0.4 is 4.74 Å². The minimum Gasteiger partial charge on any atom is -0.479 e. The lowest BCUT2D eigenvalue weighted by molar-refractivity contribution is -0.139. The fourth-order valence-electron chi connectivity index (χ4n) is 2.33. The van der Waals surface area contributed by atoms with Crippen LogP contribution in [0.4, 0.5) is 13.2 Å². The highest BCUT2D eigenvalue weighted by Crippen LogP contribution is 2.31. The Hall–Kier alpha value is -3.42. The number of carboxylic acids is 1. The maximum Gasteiger partial charge on any atom is 0.416 e. The summed E-state index contributed by atoms with van der Waals surface area (Å²) in [7, 11) is 0. The molecule has 8 heteroatoms. The highest BCUT2D eigenvalue weighted by molar-refractivity contribution is 5.69. The number of hydrogen-bond donors (Lipinski definition) is 1. The molecule has 3 rings (SSSR count). The van der Waals surface area contributed by atoms with Crippen LogP contribution in [0.1, 0.15) is 5.56 Å². The standard InChI is InChI=1S/C19H13F3N2O3/c20-19(21,22)14-8-6-13(7-9-14)18-23-15(12-4-2-1-3-5-12)10-16(24-18)27-11-17(25)26/h1-10H,11H2,(H,25,26). The molecule has 0 amide bonds. The monoisotopic (exact) mass is 374 g/mol. The molecule has 0 aliphatic carbocycles. The Labute approximate surface area is 152 Å². The van der Waals surface area contributed by atoms with Gasteiger partial charge in [0.1, 0.15) is 0 Å². The molecule has 0 saturated heterocycles. The first-order chi connectivity index (χ1) is 12.8. The summed E-state index contributed by atoms with van der Waals surface area (Å²) < 4.78 is 43.4. The Balaban J connectivity index is 2.03. The van der Waals surface area contributed by atoms with Crippen molar-refractivity contribution < 1.29 is 27.8 Å². The van der Waals surface area contributed by atoms with Crippen molar-refractivity contribution in [1.82, 2.24) is 9.97 Å². The summed E-state index contributed by atoms with van der Waals surface area (Å²) in [5, 5.41) is 8.78. The number of carboxylic acid groups (broad SMARTS) is 1. The summed E-state index contributed by atoms with van der Waals surface area (Å²) in [6, 6.07) is 14.9. The number of aliphatic carboxylic acids is 1. The molecule has 27 heavy (non-hydrogen) atoms. The maximum atomic E-state index is 12.7. The predicted molar refractivity (Wildman–Crippen MR) is 91.0 cm³/mol. The third kappa shape index (κ3) is 4.60. The minimum atomic E-state index is -4.44. The molecule has 5 nitrogen and oxygen atoms in total. The van der Waals surface area contributed by atoms with Crippen LogP contribution >= 0.6 is 0 Å². The van der Waals surface area contributed by atoms with Gasteiger partial charge in [-0.25, -0.2) is 9.78 Å². The molecule has 3 aromatic rings. The second kappa shape index (κ2) is 7.45. The fraction of sp³-hybridized carbons (Fsp3) is 0.105. The quantitative estimate of drug-likeness (QED) is 0.721. The van der Waals surface area contributed by atoms with Crippen LogP contribution in [-0.2, 0) is 11.0 Å². The van der Waals surface area contributed by atoms with Gasteiger partial charge in [0.05, 0.1) is 11.3 Å². The van der Waals surface area contributed by atoms with E-state index in [1.54, 1.807) is 24.3 Å². The lowest BCUT2D eigenvalue weighted by Gasteiger charge is -2.10.